The van der Waals surface area contributed by atoms with E-state index in [1.165, 1.54) is 15.3 Å². The molecule has 3 rings (SSSR count). The Morgan fingerprint density at radius 2 is 2.14 bits per heavy atom. The van der Waals surface area contributed by atoms with Crippen LogP contribution >= 0.6 is 23.1 Å². The lowest BCUT2D eigenvalue weighted by Crippen LogP contribution is -2.39. The summed E-state index contributed by atoms with van der Waals surface area (Å²) in [6, 6.07) is 12.4. The second-order valence-electron chi connectivity index (χ2n) is 5.08. The number of urea groups is 1. The number of hydrogen-bond donors (Lipinski definition) is 2. The van der Waals surface area contributed by atoms with Crippen LogP contribution in [0.1, 0.15) is 35.9 Å². The largest absolute Gasteiger partial charge is 0.331 e. The molecule has 0 aliphatic carbocycles. The van der Waals surface area contributed by atoms with Gasteiger partial charge in [-0.1, -0.05) is 24.3 Å². The molecular formula is C16H18N2OS2. The smallest absolute Gasteiger partial charge is 0.315 e. The first-order chi connectivity index (χ1) is 10.2. The number of thioether (sulfide) groups is 1. The minimum atomic E-state index is -0.0948. The van der Waals surface area contributed by atoms with E-state index in [0.29, 0.717) is 0 Å². The normalized spacial score (nSPS) is 18.6. The molecular weight excluding hydrogens is 300 g/mol. The number of benzene rings is 1. The van der Waals surface area contributed by atoms with Crippen LogP contribution in [0.5, 0.6) is 0 Å². The van der Waals surface area contributed by atoms with E-state index in [9.17, 15) is 4.79 Å². The van der Waals surface area contributed by atoms with Crippen LogP contribution in [-0.2, 0) is 0 Å². The molecule has 0 fully saturated rings. The molecule has 21 heavy (non-hydrogen) atoms. The van der Waals surface area contributed by atoms with Crippen molar-refractivity contribution in [3.05, 3.63) is 52.2 Å². The van der Waals surface area contributed by atoms with Gasteiger partial charge in [0.25, 0.3) is 0 Å². The molecule has 0 unspecified atom stereocenters. The van der Waals surface area contributed by atoms with Gasteiger partial charge in [0.05, 0.1) is 12.1 Å². The van der Waals surface area contributed by atoms with E-state index in [4.69, 9.17) is 0 Å². The van der Waals surface area contributed by atoms with Gasteiger partial charge in [0.1, 0.15) is 0 Å². The molecule has 1 aliphatic rings. The predicted octanol–water partition coefficient (Wildman–Crippen LogP) is 4.35. The van der Waals surface area contributed by atoms with Crippen molar-refractivity contribution in [2.45, 2.75) is 30.3 Å². The van der Waals surface area contributed by atoms with Crippen LogP contribution in [0.3, 0.4) is 0 Å². The molecule has 2 aromatic rings. The van der Waals surface area contributed by atoms with E-state index in [1.807, 2.05) is 48.3 Å². The fraction of sp³-hybridized carbons (Fsp3) is 0.312. The highest BCUT2D eigenvalue weighted by atomic mass is 32.2. The predicted molar refractivity (Wildman–Crippen MR) is 88.9 cm³/mol. The van der Waals surface area contributed by atoms with E-state index in [1.54, 1.807) is 11.3 Å². The first-order valence-corrected chi connectivity index (χ1v) is 8.92. The number of rotatable bonds is 3. The van der Waals surface area contributed by atoms with Gasteiger partial charge < -0.3 is 10.6 Å². The minimum absolute atomic E-state index is 0.0400. The highest BCUT2D eigenvalue weighted by Gasteiger charge is 2.22. The molecule has 0 saturated heterocycles. The third kappa shape index (κ3) is 3.41. The van der Waals surface area contributed by atoms with Crippen molar-refractivity contribution >= 4 is 29.1 Å². The highest BCUT2D eigenvalue weighted by Crippen LogP contribution is 2.35. The summed E-state index contributed by atoms with van der Waals surface area (Å²) < 4.78 is 0. The summed E-state index contributed by atoms with van der Waals surface area (Å²) in [5, 5.41) is 8.15. The van der Waals surface area contributed by atoms with E-state index in [0.717, 1.165) is 12.2 Å². The average molecular weight is 318 g/mol. The molecule has 1 aromatic carbocycles. The van der Waals surface area contributed by atoms with Gasteiger partial charge in [0, 0.05) is 15.5 Å². The number of carbonyl (C=O) groups excluding carboxylic acids is 1. The van der Waals surface area contributed by atoms with Gasteiger partial charge >= 0.3 is 6.03 Å². The fourth-order valence-electron chi connectivity index (χ4n) is 2.50. The molecule has 110 valence electrons. The molecule has 1 aliphatic heterocycles. The summed E-state index contributed by atoms with van der Waals surface area (Å²) >= 11 is 3.52. The Hall–Kier alpha value is -1.46. The SMILES string of the molecule is C[C@@H](NC(=O)N[C@H]1CCSc2ccccc21)c1cccs1. The Kier molecular flexibility index (Phi) is 4.51. The summed E-state index contributed by atoms with van der Waals surface area (Å²) in [5.74, 6) is 1.04. The Labute approximate surface area is 133 Å². The van der Waals surface area contributed by atoms with Crippen LogP contribution in [0.15, 0.2) is 46.7 Å². The first-order valence-electron chi connectivity index (χ1n) is 7.06. The molecule has 0 spiro atoms. The number of amides is 2. The van der Waals surface area contributed by atoms with Crippen LogP contribution in [0.25, 0.3) is 0 Å². The van der Waals surface area contributed by atoms with Crippen molar-refractivity contribution < 1.29 is 4.79 Å². The maximum Gasteiger partial charge on any atom is 0.315 e. The number of thiophene rings is 1. The lowest BCUT2D eigenvalue weighted by atomic mass is 10.0. The van der Waals surface area contributed by atoms with Crippen molar-refractivity contribution in [1.29, 1.82) is 0 Å². The molecule has 2 heterocycles. The van der Waals surface area contributed by atoms with Crippen molar-refractivity contribution in [2.75, 3.05) is 5.75 Å². The van der Waals surface area contributed by atoms with Crippen LogP contribution in [0.4, 0.5) is 4.79 Å². The molecule has 2 atom stereocenters. The van der Waals surface area contributed by atoms with E-state index in [-0.39, 0.29) is 18.1 Å². The topological polar surface area (TPSA) is 41.1 Å². The molecule has 2 amide bonds. The Morgan fingerprint density at radius 3 is 2.95 bits per heavy atom. The van der Waals surface area contributed by atoms with Crippen molar-refractivity contribution in [3.63, 3.8) is 0 Å². The molecule has 1 aromatic heterocycles. The van der Waals surface area contributed by atoms with Crippen molar-refractivity contribution in [2.24, 2.45) is 0 Å². The summed E-state index contributed by atoms with van der Waals surface area (Å²) in [5.41, 5.74) is 1.23. The average Bonchev–Trinajstić information content (AvgIpc) is 3.02. The Morgan fingerprint density at radius 1 is 1.29 bits per heavy atom. The zero-order valence-electron chi connectivity index (χ0n) is 11.8. The number of fused-ring (bicyclic) bond motifs is 1. The van der Waals surface area contributed by atoms with E-state index in [2.05, 4.69) is 22.8 Å². The molecule has 5 heteroatoms. The molecule has 3 nitrogen and oxygen atoms in total. The van der Waals surface area contributed by atoms with Crippen LogP contribution < -0.4 is 10.6 Å². The summed E-state index contributed by atoms with van der Waals surface area (Å²) in [4.78, 5) is 14.7. The fourth-order valence-corrected chi connectivity index (χ4v) is 4.36. The van der Waals surface area contributed by atoms with Crippen molar-refractivity contribution in [1.82, 2.24) is 10.6 Å². The van der Waals surface area contributed by atoms with Gasteiger partial charge in [-0.05, 0) is 36.4 Å². The van der Waals surface area contributed by atoms with Crippen molar-refractivity contribution in [3.8, 4) is 0 Å². The number of hydrogen-bond acceptors (Lipinski definition) is 3. The second-order valence-corrected chi connectivity index (χ2v) is 7.20. The molecule has 0 bridgehead atoms. The lowest BCUT2D eigenvalue weighted by molar-refractivity contribution is 0.233. The number of nitrogens with one attached hydrogen (secondary N) is 2. The quantitative estimate of drug-likeness (QED) is 0.883. The van der Waals surface area contributed by atoms with Gasteiger partial charge in [-0.3, -0.25) is 0 Å². The Balaban J connectivity index is 1.63. The molecule has 0 saturated carbocycles. The lowest BCUT2D eigenvalue weighted by Gasteiger charge is -2.26. The minimum Gasteiger partial charge on any atom is -0.331 e. The summed E-state index contributed by atoms with van der Waals surface area (Å²) in [6.07, 6.45) is 0.975. The summed E-state index contributed by atoms with van der Waals surface area (Å²) in [6.45, 7) is 2.01. The first kappa shape index (κ1) is 14.5. The maximum atomic E-state index is 12.2. The second kappa shape index (κ2) is 6.54. The van der Waals surface area contributed by atoms with Gasteiger partial charge in [0.15, 0.2) is 0 Å². The van der Waals surface area contributed by atoms with Gasteiger partial charge in [0.2, 0.25) is 0 Å². The molecule has 2 N–H and O–H groups in total. The molecule has 0 radical (unpaired) electrons. The van der Waals surface area contributed by atoms with Crippen LogP contribution in [-0.4, -0.2) is 11.8 Å². The van der Waals surface area contributed by atoms with E-state index >= 15 is 0 Å². The third-order valence-corrected chi connectivity index (χ3v) is 5.76. The van der Waals surface area contributed by atoms with Gasteiger partial charge in [-0.15, -0.1) is 23.1 Å². The number of carbonyl (C=O) groups is 1. The zero-order chi connectivity index (χ0) is 14.7. The van der Waals surface area contributed by atoms with Gasteiger partial charge in [-0.25, -0.2) is 4.79 Å². The Bertz CT molecular complexity index is 612. The monoisotopic (exact) mass is 318 g/mol. The highest BCUT2D eigenvalue weighted by molar-refractivity contribution is 7.99. The standard InChI is InChI=1S/C16H18N2OS2/c1-11(14-7-4-9-20-14)17-16(19)18-13-8-10-21-15-6-3-2-5-12(13)15/h2-7,9,11,13H,8,10H2,1H3,(H2,17,18,19)/t11-,13+/m1/s1. The zero-order valence-corrected chi connectivity index (χ0v) is 13.5. The third-order valence-electron chi connectivity index (χ3n) is 3.58. The van der Waals surface area contributed by atoms with E-state index < -0.39 is 0 Å². The van der Waals surface area contributed by atoms with Crippen LogP contribution in [0.2, 0.25) is 0 Å². The maximum absolute atomic E-state index is 12.2. The summed E-state index contributed by atoms with van der Waals surface area (Å²) in [7, 11) is 0. The van der Waals surface area contributed by atoms with Gasteiger partial charge in [-0.2, -0.15) is 0 Å². The van der Waals surface area contributed by atoms with Crippen LogP contribution in [0, 0.1) is 0 Å².